The molecule has 0 radical (unpaired) electrons. The van der Waals surface area contributed by atoms with Gasteiger partial charge in [-0.05, 0) is 56.4 Å². The minimum Gasteiger partial charge on any atom is -0.496 e. The average molecular weight is 802 g/mol. The summed E-state index contributed by atoms with van der Waals surface area (Å²) in [5, 5.41) is 16.7. The topological polar surface area (TPSA) is 220 Å². The molecule has 0 saturated carbocycles. The number of fused-ring (bicyclic) bond motifs is 2. The Morgan fingerprint density at radius 2 is 1.57 bits per heavy atom. The van der Waals surface area contributed by atoms with Crippen molar-refractivity contribution in [2.24, 2.45) is 7.05 Å². The Hall–Kier alpha value is -6.37. The van der Waals surface area contributed by atoms with Crippen LogP contribution in [0, 0.1) is 0 Å². The van der Waals surface area contributed by atoms with Gasteiger partial charge >= 0.3 is 0 Å². The molecule has 2 aliphatic heterocycles. The molecule has 0 aliphatic carbocycles. The van der Waals surface area contributed by atoms with E-state index in [0.717, 1.165) is 27.0 Å². The Bertz CT molecular complexity index is 2220. The third kappa shape index (κ3) is 9.59. The number of carboxylic acid groups (broad SMARTS) is 1. The van der Waals surface area contributed by atoms with Gasteiger partial charge < -0.3 is 44.2 Å². The molecule has 308 valence electrons. The third-order valence-electron chi connectivity index (χ3n) is 9.42. The van der Waals surface area contributed by atoms with Gasteiger partial charge in [-0.2, -0.15) is 0 Å². The van der Waals surface area contributed by atoms with Crippen LogP contribution in [0.5, 0.6) is 11.5 Å². The SMILES string of the molecule is COc1cc(-c2cn(C)c(=O)c3cnc(NCCOCCOCCNc4cccc5c4C(=O)N(C4CCC(=O)NC4=O)C5=O)cc23)cc(OC)c1CN(C)C.O=CO. The second-order valence-electron chi connectivity index (χ2n) is 13.5. The summed E-state index contributed by atoms with van der Waals surface area (Å²) in [6.07, 6.45) is 3.53. The Morgan fingerprint density at radius 1 is 0.914 bits per heavy atom. The highest BCUT2D eigenvalue weighted by atomic mass is 16.5. The third-order valence-corrected chi connectivity index (χ3v) is 9.42. The van der Waals surface area contributed by atoms with Crippen molar-refractivity contribution < 1.29 is 48.0 Å². The van der Waals surface area contributed by atoms with Gasteiger partial charge in [0.25, 0.3) is 23.8 Å². The van der Waals surface area contributed by atoms with Gasteiger partial charge in [-0.15, -0.1) is 0 Å². The number of imide groups is 2. The van der Waals surface area contributed by atoms with E-state index in [0.29, 0.717) is 74.5 Å². The molecule has 0 bridgehead atoms. The lowest BCUT2D eigenvalue weighted by Crippen LogP contribution is -2.54. The first kappa shape index (κ1) is 42.8. The lowest BCUT2D eigenvalue weighted by molar-refractivity contribution is -0.136. The first-order chi connectivity index (χ1) is 27.9. The maximum atomic E-state index is 13.3. The second-order valence-corrected chi connectivity index (χ2v) is 13.5. The van der Waals surface area contributed by atoms with Crippen molar-refractivity contribution in [3.8, 4) is 22.6 Å². The van der Waals surface area contributed by atoms with Crippen LogP contribution in [0.2, 0.25) is 0 Å². The predicted octanol–water partition coefficient (Wildman–Crippen LogP) is 2.34. The van der Waals surface area contributed by atoms with Crippen molar-refractivity contribution in [1.29, 1.82) is 0 Å². The van der Waals surface area contributed by atoms with E-state index < -0.39 is 29.7 Å². The smallest absolute Gasteiger partial charge is 0.290 e. The molecule has 6 rings (SSSR count). The van der Waals surface area contributed by atoms with Crippen LogP contribution in [0.3, 0.4) is 0 Å². The molecular weight excluding hydrogens is 754 g/mol. The normalized spacial score (nSPS) is 14.9. The molecule has 4 amide bonds. The highest BCUT2D eigenvalue weighted by Crippen LogP contribution is 2.38. The zero-order chi connectivity index (χ0) is 41.9. The summed E-state index contributed by atoms with van der Waals surface area (Å²) in [5.74, 6) is -0.254. The summed E-state index contributed by atoms with van der Waals surface area (Å²) in [6.45, 7) is 2.56. The van der Waals surface area contributed by atoms with Crippen LogP contribution < -0.4 is 31.0 Å². The molecular formula is C40H47N7O11. The Balaban J connectivity index is 0.00000207. The number of aromatic nitrogens is 2. The van der Waals surface area contributed by atoms with Crippen molar-refractivity contribution in [2.75, 3.05) is 78.5 Å². The van der Waals surface area contributed by atoms with Gasteiger partial charge in [-0.1, -0.05) is 6.07 Å². The molecule has 4 heterocycles. The van der Waals surface area contributed by atoms with E-state index in [1.54, 1.807) is 56.4 Å². The standard InChI is InChI=1S/C39H45N7O9.CH2O2/c1-44(2)21-28-31(52-4)17-23(18-32(28)53-5)27-22-45(3)37(49)26-20-42-33(19-25(26)27)41-12-14-55-16-15-54-13-11-40-29-8-6-7-24-35(29)39(51)46(38(24)50)30-9-10-34(47)43-36(30)48;2-1-3/h6-8,17-20,22,30,40H,9-16,21H2,1-5H3,(H,41,42)(H,43,47,48);1H,(H,2,3). The minimum absolute atomic E-state index is 0.0548. The number of carbonyl (C=O) groups excluding carboxylic acids is 4. The number of anilines is 2. The number of ether oxygens (including phenoxy) is 4. The largest absolute Gasteiger partial charge is 0.496 e. The lowest BCUT2D eigenvalue weighted by atomic mass is 9.98. The zero-order valence-electron chi connectivity index (χ0n) is 33.0. The Kier molecular flexibility index (Phi) is 14.5. The van der Waals surface area contributed by atoms with Crippen LogP contribution in [-0.2, 0) is 37.4 Å². The maximum Gasteiger partial charge on any atom is 0.290 e. The number of carbonyl (C=O) groups is 5. The highest BCUT2D eigenvalue weighted by Gasteiger charge is 2.45. The maximum absolute atomic E-state index is 13.3. The lowest BCUT2D eigenvalue weighted by Gasteiger charge is -2.27. The van der Waals surface area contributed by atoms with Crippen LogP contribution in [0.1, 0.15) is 39.1 Å². The molecule has 2 aliphatic rings. The van der Waals surface area contributed by atoms with Crippen molar-refractivity contribution >= 4 is 52.4 Å². The van der Waals surface area contributed by atoms with Crippen LogP contribution in [0.25, 0.3) is 21.9 Å². The van der Waals surface area contributed by atoms with Crippen LogP contribution in [0.4, 0.5) is 11.5 Å². The molecule has 58 heavy (non-hydrogen) atoms. The van der Waals surface area contributed by atoms with Crippen molar-refractivity contribution in [1.82, 2.24) is 24.7 Å². The number of aryl methyl sites for hydroxylation is 1. The Morgan fingerprint density at radius 3 is 2.19 bits per heavy atom. The fourth-order valence-corrected chi connectivity index (χ4v) is 6.79. The van der Waals surface area contributed by atoms with E-state index in [-0.39, 0.29) is 36.0 Å². The molecule has 2 aromatic heterocycles. The van der Waals surface area contributed by atoms with E-state index >= 15 is 0 Å². The van der Waals surface area contributed by atoms with E-state index in [2.05, 4.69) is 20.9 Å². The summed E-state index contributed by atoms with van der Waals surface area (Å²) in [6, 6.07) is 9.64. The molecule has 1 fully saturated rings. The fourth-order valence-electron chi connectivity index (χ4n) is 6.79. The van der Waals surface area contributed by atoms with E-state index in [9.17, 15) is 24.0 Å². The molecule has 1 atom stereocenters. The number of methoxy groups -OCH3 is 2. The van der Waals surface area contributed by atoms with Gasteiger partial charge in [0.15, 0.2) is 0 Å². The van der Waals surface area contributed by atoms with Gasteiger partial charge in [0.1, 0.15) is 23.4 Å². The van der Waals surface area contributed by atoms with Crippen molar-refractivity contribution in [3.63, 3.8) is 0 Å². The monoisotopic (exact) mass is 801 g/mol. The van der Waals surface area contributed by atoms with Gasteiger partial charge in [-0.25, -0.2) is 4.98 Å². The summed E-state index contributed by atoms with van der Waals surface area (Å²) < 4.78 is 24.5. The quantitative estimate of drug-likeness (QED) is 0.0684. The second kappa shape index (κ2) is 19.7. The molecule has 18 nitrogen and oxygen atoms in total. The summed E-state index contributed by atoms with van der Waals surface area (Å²) in [5.41, 5.74) is 3.29. The number of hydrogen-bond acceptors (Lipinski definition) is 14. The zero-order valence-corrected chi connectivity index (χ0v) is 33.0. The fraction of sp³-hybridized carbons (Fsp3) is 0.375. The molecule has 1 unspecified atom stereocenters. The highest BCUT2D eigenvalue weighted by molar-refractivity contribution is 6.25. The number of nitrogens with zero attached hydrogens (tertiary/aromatic N) is 4. The molecule has 4 aromatic rings. The molecule has 2 aromatic carbocycles. The average Bonchev–Trinajstić information content (AvgIpc) is 3.46. The van der Waals surface area contributed by atoms with Gasteiger partial charge in [0.2, 0.25) is 11.8 Å². The van der Waals surface area contributed by atoms with Crippen molar-refractivity contribution in [2.45, 2.75) is 25.4 Å². The van der Waals surface area contributed by atoms with Gasteiger partial charge in [0, 0.05) is 62.1 Å². The predicted molar refractivity (Wildman–Crippen MR) is 213 cm³/mol. The van der Waals surface area contributed by atoms with E-state index in [4.69, 9.17) is 28.8 Å². The van der Waals surface area contributed by atoms with Crippen LogP contribution in [-0.4, -0.2) is 128 Å². The van der Waals surface area contributed by atoms with Crippen LogP contribution >= 0.6 is 0 Å². The number of piperidine rings is 1. The molecule has 18 heteroatoms. The number of hydrogen-bond donors (Lipinski definition) is 4. The number of amides is 4. The van der Waals surface area contributed by atoms with E-state index in [1.165, 1.54) is 0 Å². The first-order valence-corrected chi connectivity index (χ1v) is 18.4. The first-order valence-electron chi connectivity index (χ1n) is 18.4. The number of pyridine rings is 2. The van der Waals surface area contributed by atoms with Gasteiger partial charge in [-0.3, -0.25) is 39.0 Å². The van der Waals surface area contributed by atoms with Crippen LogP contribution in [0.15, 0.2) is 53.6 Å². The minimum atomic E-state index is -1.03. The summed E-state index contributed by atoms with van der Waals surface area (Å²) >= 11 is 0. The Labute approximate surface area is 334 Å². The number of benzene rings is 2. The molecule has 1 saturated heterocycles. The van der Waals surface area contributed by atoms with E-state index in [1.807, 2.05) is 37.2 Å². The van der Waals surface area contributed by atoms with Crippen molar-refractivity contribution in [3.05, 3.63) is 75.8 Å². The van der Waals surface area contributed by atoms with Gasteiger partial charge in [0.05, 0.1) is 62.7 Å². The summed E-state index contributed by atoms with van der Waals surface area (Å²) in [4.78, 5) is 79.1. The molecule has 0 spiro atoms. The molecule has 4 N–H and O–H groups in total. The number of nitrogens with one attached hydrogen (secondary N) is 3. The summed E-state index contributed by atoms with van der Waals surface area (Å²) in [7, 11) is 8.92. The number of rotatable bonds is 17.